The molecule has 1 amide bonds. The predicted molar refractivity (Wildman–Crippen MR) is 84.5 cm³/mol. The van der Waals surface area contributed by atoms with Crippen molar-refractivity contribution < 1.29 is 93.6 Å². The van der Waals surface area contributed by atoms with Crippen molar-refractivity contribution in [3.8, 4) is 0 Å². The average Bonchev–Trinajstić information content (AvgIpc) is 3.22. The first-order valence-corrected chi connectivity index (χ1v) is 9.43. The maximum absolute atomic E-state index is 13.8. The number of hydrogen-bond donors (Lipinski definition) is 1. The monoisotopic (exact) mass is 607 g/mol. The lowest BCUT2D eigenvalue weighted by Crippen LogP contribution is -2.74. The molecule has 1 aliphatic heterocycles. The largest absolute Gasteiger partial charge is 0.460 e. The van der Waals surface area contributed by atoms with Gasteiger partial charge < -0.3 is 19.5 Å². The number of amides is 1. The zero-order valence-corrected chi connectivity index (χ0v) is 18.0. The first-order valence-electron chi connectivity index (χ1n) is 9.43. The summed E-state index contributed by atoms with van der Waals surface area (Å²) in [6, 6.07) is 0. The summed E-state index contributed by atoms with van der Waals surface area (Å²) in [4.78, 5) is 11.5. The van der Waals surface area contributed by atoms with Crippen LogP contribution in [-0.4, -0.2) is 86.4 Å². The van der Waals surface area contributed by atoms with Crippen LogP contribution >= 0.6 is 0 Å². The molecule has 2 atom stereocenters. The molecule has 0 aromatic heterocycles. The summed E-state index contributed by atoms with van der Waals surface area (Å²) in [5, 5.41) is 1.71. The lowest BCUT2D eigenvalue weighted by atomic mass is 9.88. The standard InChI is InChI=1S/C16H14F17NO4/c1-36-8-37-5-6(38-8)4-34-7(35)2-3-9(17,18)10(19,20)11(21,22)12(23,24)13(25,26)14(27,28)15(29,30)16(31,32)33/h6,8H,2-5H2,1H3,(H,34,35). The molecule has 1 heterocycles. The molecule has 2 unspecified atom stereocenters. The summed E-state index contributed by atoms with van der Waals surface area (Å²) in [5.74, 6) is -58.6. The molecular formula is C16H14F17NO4. The van der Waals surface area contributed by atoms with E-state index in [9.17, 15) is 79.4 Å². The third kappa shape index (κ3) is 5.43. The number of alkyl halides is 17. The van der Waals surface area contributed by atoms with Crippen molar-refractivity contribution >= 4 is 5.91 Å². The predicted octanol–water partition coefficient (Wildman–Crippen LogP) is 5.24. The van der Waals surface area contributed by atoms with E-state index in [0.717, 1.165) is 7.11 Å². The highest BCUT2D eigenvalue weighted by atomic mass is 19.4. The van der Waals surface area contributed by atoms with Crippen molar-refractivity contribution in [1.82, 2.24) is 5.32 Å². The molecule has 0 aromatic carbocycles. The molecule has 1 N–H and O–H groups in total. The van der Waals surface area contributed by atoms with Gasteiger partial charge in [0.15, 0.2) is 0 Å². The summed E-state index contributed by atoms with van der Waals surface area (Å²) in [6.07, 6.45) is -13.6. The molecule has 1 fully saturated rings. The van der Waals surface area contributed by atoms with Gasteiger partial charge in [-0.25, -0.2) is 0 Å². The number of nitrogens with one attached hydrogen (secondary N) is 1. The van der Waals surface area contributed by atoms with Crippen LogP contribution in [0.2, 0.25) is 0 Å². The number of carbonyl (C=O) groups excluding carboxylic acids is 1. The van der Waals surface area contributed by atoms with E-state index in [1.807, 2.05) is 0 Å². The third-order valence-corrected chi connectivity index (χ3v) is 4.89. The molecule has 1 saturated heterocycles. The fourth-order valence-corrected chi connectivity index (χ4v) is 2.59. The third-order valence-electron chi connectivity index (χ3n) is 4.89. The second-order valence-electron chi connectivity index (χ2n) is 7.57. The normalized spacial score (nSPS) is 21.1. The number of rotatable bonds is 12. The van der Waals surface area contributed by atoms with Crippen molar-refractivity contribution in [2.45, 2.75) is 73.1 Å². The van der Waals surface area contributed by atoms with E-state index in [4.69, 9.17) is 9.47 Å². The molecule has 1 rings (SSSR count). The molecule has 38 heavy (non-hydrogen) atoms. The molecule has 0 radical (unpaired) electrons. The van der Waals surface area contributed by atoms with Gasteiger partial charge in [0.1, 0.15) is 6.10 Å². The van der Waals surface area contributed by atoms with E-state index in [-0.39, 0.29) is 6.61 Å². The molecule has 22 heteroatoms. The van der Waals surface area contributed by atoms with Crippen LogP contribution in [0.5, 0.6) is 0 Å². The van der Waals surface area contributed by atoms with Crippen molar-refractivity contribution in [3.05, 3.63) is 0 Å². The minimum absolute atomic E-state index is 0.277. The van der Waals surface area contributed by atoms with E-state index in [1.165, 1.54) is 0 Å². The topological polar surface area (TPSA) is 56.8 Å². The fraction of sp³-hybridized carbons (Fsp3) is 0.938. The first kappa shape index (κ1) is 34.2. The van der Waals surface area contributed by atoms with Gasteiger partial charge in [-0.2, -0.15) is 74.6 Å². The highest BCUT2D eigenvalue weighted by molar-refractivity contribution is 5.75. The van der Waals surface area contributed by atoms with Crippen molar-refractivity contribution in [3.63, 3.8) is 0 Å². The second-order valence-corrected chi connectivity index (χ2v) is 7.57. The Hall–Kier alpha value is -1.84. The Morgan fingerprint density at radius 2 is 1.16 bits per heavy atom. The Bertz CT molecular complexity index is 844. The Morgan fingerprint density at radius 3 is 1.55 bits per heavy atom. The van der Waals surface area contributed by atoms with Gasteiger partial charge in [0.25, 0.3) is 6.48 Å². The highest BCUT2D eigenvalue weighted by Gasteiger charge is 2.95. The molecule has 0 aliphatic carbocycles. The van der Waals surface area contributed by atoms with Crippen LogP contribution in [0.25, 0.3) is 0 Å². The van der Waals surface area contributed by atoms with Crippen molar-refractivity contribution in [2.24, 2.45) is 0 Å². The lowest BCUT2D eigenvalue weighted by molar-refractivity contribution is -0.461. The molecule has 1 aliphatic rings. The zero-order chi connectivity index (χ0) is 30.4. The van der Waals surface area contributed by atoms with Gasteiger partial charge in [0, 0.05) is 26.5 Å². The van der Waals surface area contributed by atoms with Gasteiger partial charge in [0.2, 0.25) is 5.91 Å². The van der Waals surface area contributed by atoms with Crippen molar-refractivity contribution in [2.75, 3.05) is 20.3 Å². The fourth-order valence-electron chi connectivity index (χ4n) is 2.59. The average molecular weight is 607 g/mol. The Kier molecular flexibility index (Phi) is 9.25. The van der Waals surface area contributed by atoms with E-state index in [1.54, 1.807) is 5.32 Å². The smallest absolute Gasteiger partial charge is 0.353 e. The SMILES string of the molecule is COC1OCC(CNC(=O)CCC(F)(F)C(F)(F)C(F)(F)C(F)(F)C(F)(F)C(F)(F)C(F)(F)C(F)(F)F)O1. The number of methoxy groups -OCH3 is 1. The van der Waals surface area contributed by atoms with Crippen LogP contribution in [0.4, 0.5) is 74.6 Å². The molecular weight excluding hydrogens is 593 g/mol. The minimum Gasteiger partial charge on any atom is -0.353 e. The van der Waals surface area contributed by atoms with Gasteiger partial charge in [-0.05, 0) is 0 Å². The number of halogens is 17. The summed E-state index contributed by atoms with van der Waals surface area (Å²) in [7, 11) is 1.10. The number of ether oxygens (including phenoxy) is 3. The van der Waals surface area contributed by atoms with E-state index >= 15 is 0 Å². The minimum atomic E-state index is -8.69. The Labute approximate surface area is 199 Å². The summed E-state index contributed by atoms with van der Waals surface area (Å²) < 4.78 is 238. The maximum Gasteiger partial charge on any atom is 0.460 e. The molecule has 0 saturated carbocycles. The van der Waals surface area contributed by atoms with Crippen LogP contribution in [0, 0.1) is 0 Å². The molecule has 226 valence electrons. The molecule has 0 spiro atoms. The maximum atomic E-state index is 13.8. The second kappa shape index (κ2) is 10.3. The van der Waals surface area contributed by atoms with Crippen LogP contribution < -0.4 is 5.32 Å². The Morgan fingerprint density at radius 1 is 0.737 bits per heavy atom. The van der Waals surface area contributed by atoms with Gasteiger partial charge in [-0.15, -0.1) is 0 Å². The van der Waals surface area contributed by atoms with E-state index < -0.39 is 85.5 Å². The summed E-state index contributed by atoms with van der Waals surface area (Å²) in [6.45, 7) is -2.12. The molecule has 0 aromatic rings. The van der Waals surface area contributed by atoms with Crippen LogP contribution in [0.3, 0.4) is 0 Å². The molecule has 0 bridgehead atoms. The van der Waals surface area contributed by atoms with Crippen LogP contribution in [0.15, 0.2) is 0 Å². The summed E-state index contributed by atoms with van der Waals surface area (Å²) in [5.41, 5.74) is 0. The van der Waals surface area contributed by atoms with Gasteiger partial charge in [0.05, 0.1) is 6.61 Å². The first-order chi connectivity index (χ1) is 16.7. The highest BCUT2D eigenvalue weighted by Crippen LogP contribution is 2.64. The number of hydrogen-bond acceptors (Lipinski definition) is 4. The van der Waals surface area contributed by atoms with E-state index in [2.05, 4.69) is 4.74 Å². The lowest BCUT2D eigenvalue weighted by Gasteiger charge is -2.42. The van der Waals surface area contributed by atoms with E-state index in [0.29, 0.717) is 0 Å². The quantitative estimate of drug-likeness (QED) is 0.309. The molecule has 5 nitrogen and oxygen atoms in total. The van der Waals surface area contributed by atoms with Crippen LogP contribution in [-0.2, 0) is 19.0 Å². The van der Waals surface area contributed by atoms with Crippen LogP contribution in [0.1, 0.15) is 12.8 Å². The van der Waals surface area contributed by atoms with Crippen molar-refractivity contribution in [1.29, 1.82) is 0 Å². The van der Waals surface area contributed by atoms with Gasteiger partial charge in [-0.1, -0.05) is 0 Å². The number of carbonyl (C=O) groups is 1. The van der Waals surface area contributed by atoms with Gasteiger partial charge in [-0.3, -0.25) is 4.79 Å². The zero-order valence-electron chi connectivity index (χ0n) is 18.0. The summed E-state index contributed by atoms with van der Waals surface area (Å²) >= 11 is 0. The van der Waals surface area contributed by atoms with Gasteiger partial charge >= 0.3 is 47.6 Å². The Balaban J connectivity index is 3.14.